The summed E-state index contributed by atoms with van der Waals surface area (Å²) in [5.74, 6) is -0.347. The van der Waals surface area contributed by atoms with Gasteiger partial charge in [0.2, 0.25) is 0 Å². The maximum atomic E-state index is 13.8. The topological polar surface area (TPSA) is 32.3 Å². The predicted molar refractivity (Wildman–Crippen MR) is 66.7 cm³/mol. The molecule has 1 fully saturated rings. The second-order valence-electron chi connectivity index (χ2n) is 4.80. The van der Waals surface area contributed by atoms with Crippen molar-refractivity contribution in [1.82, 2.24) is 5.32 Å². The van der Waals surface area contributed by atoms with Gasteiger partial charge in [0.05, 0.1) is 5.02 Å². The summed E-state index contributed by atoms with van der Waals surface area (Å²) in [6.45, 7) is 1.85. The zero-order valence-corrected chi connectivity index (χ0v) is 10.4. The molecule has 17 heavy (non-hydrogen) atoms. The van der Waals surface area contributed by atoms with Crippen LogP contribution in [-0.2, 0) is 6.42 Å². The van der Waals surface area contributed by atoms with Crippen LogP contribution in [0.25, 0.3) is 0 Å². The van der Waals surface area contributed by atoms with Crippen molar-refractivity contribution < 1.29 is 9.50 Å². The molecule has 0 saturated carbocycles. The van der Waals surface area contributed by atoms with Gasteiger partial charge in [0, 0.05) is 6.61 Å². The molecule has 1 heterocycles. The molecular formula is C13H17ClFNO. The zero-order chi connectivity index (χ0) is 12.3. The lowest BCUT2D eigenvalue weighted by atomic mass is 9.75. The highest BCUT2D eigenvalue weighted by molar-refractivity contribution is 6.30. The van der Waals surface area contributed by atoms with Gasteiger partial charge in [0.15, 0.2) is 0 Å². The Morgan fingerprint density at radius 2 is 2.06 bits per heavy atom. The third-order valence-electron chi connectivity index (χ3n) is 3.60. The Balaban J connectivity index is 2.20. The second kappa shape index (κ2) is 5.34. The Morgan fingerprint density at radius 3 is 2.71 bits per heavy atom. The van der Waals surface area contributed by atoms with Crippen molar-refractivity contribution in [2.75, 3.05) is 19.7 Å². The van der Waals surface area contributed by atoms with Crippen LogP contribution in [0.1, 0.15) is 18.4 Å². The van der Waals surface area contributed by atoms with Gasteiger partial charge in [0.25, 0.3) is 0 Å². The molecule has 4 heteroatoms. The van der Waals surface area contributed by atoms with Gasteiger partial charge >= 0.3 is 0 Å². The van der Waals surface area contributed by atoms with E-state index in [1.165, 1.54) is 0 Å². The molecule has 0 unspecified atom stereocenters. The first kappa shape index (κ1) is 12.8. The van der Waals surface area contributed by atoms with Crippen molar-refractivity contribution in [3.63, 3.8) is 0 Å². The molecule has 0 atom stereocenters. The minimum Gasteiger partial charge on any atom is -0.396 e. The molecule has 2 rings (SSSR count). The van der Waals surface area contributed by atoms with Crippen LogP contribution in [0.4, 0.5) is 4.39 Å². The lowest BCUT2D eigenvalue weighted by molar-refractivity contribution is 0.0884. The van der Waals surface area contributed by atoms with Crippen molar-refractivity contribution in [3.8, 4) is 0 Å². The molecule has 1 aliphatic rings. The van der Waals surface area contributed by atoms with E-state index in [0.29, 0.717) is 12.0 Å². The zero-order valence-electron chi connectivity index (χ0n) is 9.68. The number of aliphatic hydroxyl groups is 1. The average Bonchev–Trinajstić information content (AvgIpc) is 2.36. The van der Waals surface area contributed by atoms with Crippen LogP contribution in [-0.4, -0.2) is 24.8 Å². The van der Waals surface area contributed by atoms with E-state index in [-0.39, 0.29) is 22.9 Å². The smallest absolute Gasteiger partial charge is 0.144 e. The lowest BCUT2D eigenvalue weighted by Gasteiger charge is -2.36. The highest BCUT2D eigenvalue weighted by Crippen LogP contribution is 2.34. The molecule has 1 aliphatic heterocycles. The molecule has 1 aromatic rings. The van der Waals surface area contributed by atoms with Gasteiger partial charge in [0.1, 0.15) is 5.82 Å². The number of aliphatic hydroxyl groups excluding tert-OH is 1. The summed E-state index contributed by atoms with van der Waals surface area (Å²) in [6, 6.07) is 5.06. The van der Waals surface area contributed by atoms with Gasteiger partial charge in [-0.25, -0.2) is 4.39 Å². The van der Waals surface area contributed by atoms with E-state index in [9.17, 15) is 9.50 Å². The van der Waals surface area contributed by atoms with Gasteiger partial charge in [-0.05, 0) is 49.4 Å². The fraction of sp³-hybridized carbons (Fsp3) is 0.538. The quantitative estimate of drug-likeness (QED) is 0.872. The molecule has 94 valence electrons. The molecule has 0 aliphatic carbocycles. The van der Waals surface area contributed by atoms with Gasteiger partial charge in [-0.15, -0.1) is 0 Å². The molecule has 2 N–H and O–H groups in total. The fourth-order valence-corrected chi connectivity index (χ4v) is 2.63. The van der Waals surface area contributed by atoms with Gasteiger partial charge in [-0.2, -0.15) is 0 Å². The van der Waals surface area contributed by atoms with Crippen molar-refractivity contribution >= 4 is 11.6 Å². The molecule has 0 amide bonds. The minimum absolute atomic E-state index is 0.0979. The first-order valence-corrected chi connectivity index (χ1v) is 6.29. The molecular weight excluding hydrogens is 241 g/mol. The maximum absolute atomic E-state index is 13.8. The van der Waals surface area contributed by atoms with E-state index in [0.717, 1.165) is 25.9 Å². The normalized spacial score (nSPS) is 19.2. The van der Waals surface area contributed by atoms with E-state index in [2.05, 4.69) is 5.32 Å². The first-order valence-electron chi connectivity index (χ1n) is 5.91. The van der Waals surface area contributed by atoms with E-state index >= 15 is 0 Å². The van der Waals surface area contributed by atoms with Crippen molar-refractivity contribution in [2.45, 2.75) is 19.3 Å². The second-order valence-corrected chi connectivity index (χ2v) is 5.21. The van der Waals surface area contributed by atoms with Gasteiger partial charge in [-0.1, -0.05) is 23.7 Å². The lowest BCUT2D eigenvalue weighted by Crippen LogP contribution is -2.40. The Kier molecular flexibility index (Phi) is 4.02. The summed E-state index contributed by atoms with van der Waals surface area (Å²) in [5.41, 5.74) is 0.407. The largest absolute Gasteiger partial charge is 0.396 e. The van der Waals surface area contributed by atoms with Crippen LogP contribution in [0.15, 0.2) is 18.2 Å². The summed E-state index contributed by atoms with van der Waals surface area (Å²) >= 11 is 5.77. The van der Waals surface area contributed by atoms with Crippen LogP contribution >= 0.6 is 11.6 Å². The van der Waals surface area contributed by atoms with E-state index in [1.807, 2.05) is 0 Å². The minimum atomic E-state index is -0.347. The molecule has 0 radical (unpaired) electrons. The number of hydrogen-bond donors (Lipinski definition) is 2. The number of nitrogens with one attached hydrogen (secondary N) is 1. The standard InChI is InChI=1S/C13H17ClFNO/c14-11-3-1-2-10(12(11)15)8-13(9-17)4-6-16-7-5-13/h1-3,16-17H,4-9H2. The van der Waals surface area contributed by atoms with Crippen molar-refractivity contribution in [3.05, 3.63) is 34.6 Å². The highest BCUT2D eigenvalue weighted by atomic mass is 35.5. The SMILES string of the molecule is OCC1(Cc2cccc(Cl)c2F)CCNCC1. The maximum Gasteiger partial charge on any atom is 0.144 e. The predicted octanol–water partition coefficient (Wildman–Crippen LogP) is 2.38. The highest BCUT2D eigenvalue weighted by Gasteiger charge is 2.32. The number of hydrogen-bond acceptors (Lipinski definition) is 2. The number of halogens is 2. The summed E-state index contributed by atoms with van der Waals surface area (Å²) in [7, 11) is 0. The molecule has 0 aromatic heterocycles. The van der Waals surface area contributed by atoms with E-state index in [4.69, 9.17) is 11.6 Å². The molecule has 2 nitrogen and oxygen atoms in total. The summed E-state index contributed by atoms with van der Waals surface area (Å²) in [5, 5.41) is 13.0. The number of piperidine rings is 1. The Morgan fingerprint density at radius 1 is 1.35 bits per heavy atom. The molecule has 1 aromatic carbocycles. The van der Waals surface area contributed by atoms with Crippen LogP contribution in [0.5, 0.6) is 0 Å². The number of rotatable bonds is 3. The fourth-order valence-electron chi connectivity index (χ4n) is 2.44. The summed E-state index contributed by atoms with van der Waals surface area (Å²) < 4.78 is 13.8. The van der Waals surface area contributed by atoms with Crippen molar-refractivity contribution in [2.24, 2.45) is 5.41 Å². The van der Waals surface area contributed by atoms with Gasteiger partial charge in [-0.3, -0.25) is 0 Å². The number of benzene rings is 1. The molecule has 1 saturated heterocycles. The Labute approximate surface area is 106 Å². The van der Waals surface area contributed by atoms with Gasteiger partial charge < -0.3 is 10.4 Å². The Bertz CT molecular complexity index is 391. The molecule has 0 bridgehead atoms. The molecule has 0 spiro atoms. The first-order chi connectivity index (χ1) is 8.17. The van der Waals surface area contributed by atoms with E-state index in [1.54, 1.807) is 18.2 Å². The van der Waals surface area contributed by atoms with Crippen LogP contribution < -0.4 is 5.32 Å². The summed E-state index contributed by atoms with van der Waals surface area (Å²) in [6.07, 6.45) is 2.29. The third kappa shape index (κ3) is 2.79. The van der Waals surface area contributed by atoms with E-state index < -0.39 is 0 Å². The van der Waals surface area contributed by atoms with Crippen LogP contribution in [0, 0.1) is 11.2 Å². The average molecular weight is 258 g/mol. The third-order valence-corrected chi connectivity index (χ3v) is 3.89. The van der Waals surface area contributed by atoms with Crippen molar-refractivity contribution in [1.29, 1.82) is 0 Å². The summed E-state index contributed by atoms with van der Waals surface area (Å²) in [4.78, 5) is 0. The van der Waals surface area contributed by atoms with Crippen LogP contribution in [0.3, 0.4) is 0 Å². The van der Waals surface area contributed by atoms with Crippen LogP contribution in [0.2, 0.25) is 5.02 Å². The Hall–Kier alpha value is -0.640. The monoisotopic (exact) mass is 257 g/mol.